The summed E-state index contributed by atoms with van der Waals surface area (Å²) in [7, 11) is 0. The summed E-state index contributed by atoms with van der Waals surface area (Å²) in [5.41, 5.74) is 0.268. The first-order valence-corrected chi connectivity index (χ1v) is 6.32. The average Bonchev–Trinajstić information content (AvgIpc) is 2.76. The fourth-order valence-corrected chi connectivity index (χ4v) is 1.96. The highest BCUT2D eigenvalue weighted by Crippen LogP contribution is 2.17. The minimum absolute atomic E-state index is 0.268. The quantitative estimate of drug-likeness (QED) is 0.881. The van der Waals surface area contributed by atoms with Gasteiger partial charge in [-0.3, -0.25) is 10.1 Å². The number of carbonyl (C=O) groups is 1. The number of hydrogen-bond acceptors (Lipinski definition) is 6. The molecular formula is C11H13N5OS. The molecule has 0 aliphatic rings. The van der Waals surface area contributed by atoms with Crippen molar-refractivity contribution in [1.82, 2.24) is 15.2 Å². The first-order chi connectivity index (χ1) is 8.69. The van der Waals surface area contributed by atoms with Gasteiger partial charge in [0, 0.05) is 17.6 Å². The summed E-state index contributed by atoms with van der Waals surface area (Å²) < 4.78 is 0. The van der Waals surface area contributed by atoms with E-state index in [0.717, 1.165) is 11.4 Å². The number of rotatable bonds is 4. The van der Waals surface area contributed by atoms with Gasteiger partial charge in [0.2, 0.25) is 0 Å². The van der Waals surface area contributed by atoms with Crippen LogP contribution >= 0.6 is 11.3 Å². The van der Waals surface area contributed by atoms with Crippen molar-refractivity contribution in [3.8, 4) is 0 Å². The Morgan fingerprint density at radius 1 is 1.39 bits per heavy atom. The minimum atomic E-state index is -0.306. The summed E-state index contributed by atoms with van der Waals surface area (Å²) in [6.45, 7) is 4.66. The first-order valence-electron chi connectivity index (χ1n) is 5.50. The van der Waals surface area contributed by atoms with Crippen LogP contribution in [0.15, 0.2) is 18.3 Å². The maximum Gasteiger partial charge on any atom is 0.277 e. The fraction of sp³-hybridized carbons (Fsp3) is 0.273. The van der Waals surface area contributed by atoms with E-state index in [2.05, 4.69) is 25.8 Å². The van der Waals surface area contributed by atoms with Crippen molar-refractivity contribution >= 4 is 28.2 Å². The number of carbonyl (C=O) groups excluding carboxylic acids is 1. The van der Waals surface area contributed by atoms with E-state index < -0.39 is 0 Å². The highest BCUT2D eigenvalue weighted by atomic mass is 32.1. The van der Waals surface area contributed by atoms with Gasteiger partial charge < -0.3 is 5.32 Å². The topological polar surface area (TPSA) is 79.8 Å². The van der Waals surface area contributed by atoms with Crippen molar-refractivity contribution in [2.24, 2.45) is 0 Å². The fourth-order valence-electron chi connectivity index (χ4n) is 1.30. The number of nitrogens with one attached hydrogen (secondary N) is 2. The molecule has 0 bridgehead atoms. The molecule has 2 N–H and O–H groups in total. The normalized spacial score (nSPS) is 10.1. The molecule has 2 heterocycles. The Morgan fingerprint density at radius 2 is 2.22 bits per heavy atom. The number of hydrogen-bond donors (Lipinski definition) is 2. The van der Waals surface area contributed by atoms with Crippen LogP contribution in [-0.4, -0.2) is 27.6 Å². The Kier molecular flexibility index (Phi) is 3.83. The van der Waals surface area contributed by atoms with Crippen LogP contribution in [0.3, 0.4) is 0 Å². The molecule has 0 unspecified atom stereocenters. The Labute approximate surface area is 108 Å². The summed E-state index contributed by atoms with van der Waals surface area (Å²) in [4.78, 5) is 16.9. The van der Waals surface area contributed by atoms with Gasteiger partial charge in [0.15, 0.2) is 10.8 Å². The molecule has 6 nitrogen and oxygen atoms in total. The predicted octanol–water partition coefficient (Wildman–Crippen LogP) is 1.93. The van der Waals surface area contributed by atoms with Crippen molar-refractivity contribution in [2.75, 3.05) is 17.2 Å². The molecule has 0 fully saturated rings. The molecule has 94 valence electrons. The average molecular weight is 263 g/mol. The van der Waals surface area contributed by atoms with Gasteiger partial charge in [-0.2, -0.15) is 0 Å². The molecule has 2 aromatic rings. The molecule has 18 heavy (non-hydrogen) atoms. The Hall–Kier alpha value is -2.02. The lowest BCUT2D eigenvalue weighted by molar-refractivity contribution is 0.102. The highest BCUT2D eigenvalue weighted by Gasteiger charge is 2.10. The maximum absolute atomic E-state index is 11.8. The maximum atomic E-state index is 11.8. The van der Waals surface area contributed by atoms with Gasteiger partial charge in [-0.1, -0.05) is 0 Å². The number of anilines is 2. The van der Waals surface area contributed by atoms with E-state index in [9.17, 15) is 4.79 Å². The smallest absolute Gasteiger partial charge is 0.277 e. The van der Waals surface area contributed by atoms with E-state index in [1.165, 1.54) is 11.3 Å². The molecule has 0 saturated carbocycles. The standard InChI is InChI=1S/C11H13N5OS/c1-3-12-9-5-4-8(15-16-9)10(17)14-11-13-6-7(2)18-11/h4-6H,3H2,1-2H3,(H,12,16)(H,13,14,17). The van der Waals surface area contributed by atoms with Crippen LogP contribution in [0.5, 0.6) is 0 Å². The number of amides is 1. The zero-order chi connectivity index (χ0) is 13.0. The van der Waals surface area contributed by atoms with Gasteiger partial charge in [0.05, 0.1) is 0 Å². The molecule has 7 heteroatoms. The lowest BCUT2D eigenvalue weighted by Crippen LogP contribution is -2.14. The van der Waals surface area contributed by atoms with Gasteiger partial charge >= 0.3 is 0 Å². The summed E-state index contributed by atoms with van der Waals surface area (Å²) in [5, 5.41) is 14.0. The van der Waals surface area contributed by atoms with Crippen LogP contribution in [0.2, 0.25) is 0 Å². The van der Waals surface area contributed by atoms with Crippen LogP contribution in [0.4, 0.5) is 10.9 Å². The van der Waals surface area contributed by atoms with Crippen molar-refractivity contribution in [2.45, 2.75) is 13.8 Å². The molecular weight excluding hydrogens is 250 g/mol. The molecule has 0 aliphatic heterocycles. The monoisotopic (exact) mass is 263 g/mol. The van der Waals surface area contributed by atoms with Crippen LogP contribution in [0.1, 0.15) is 22.3 Å². The number of nitrogens with zero attached hydrogens (tertiary/aromatic N) is 3. The highest BCUT2D eigenvalue weighted by molar-refractivity contribution is 7.15. The third kappa shape index (κ3) is 3.01. The Balaban J connectivity index is 2.04. The zero-order valence-corrected chi connectivity index (χ0v) is 10.9. The lowest BCUT2D eigenvalue weighted by atomic mass is 10.3. The van der Waals surface area contributed by atoms with E-state index >= 15 is 0 Å². The van der Waals surface area contributed by atoms with Crippen molar-refractivity contribution in [1.29, 1.82) is 0 Å². The number of thiazole rings is 1. The summed E-state index contributed by atoms with van der Waals surface area (Å²) in [6.07, 6.45) is 1.71. The molecule has 1 amide bonds. The Morgan fingerprint density at radius 3 is 2.78 bits per heavy atom. The van der Waals surface area contributed by atoms with Crippen LogP contribution < -0.4 is 10.6 Å². The molecule has 0 radical (unpaired) electrons. The summed E-state index contributed by atoms with van der Waals surface area (Å²) in [5.74, 6) is 0.346. The van der Waals surface area contributed by atoms with Gasteiger partial charge in [-0.05, 0) is 26.0 Å². The third-order valence-corrected chi connectivity index (χ3v) is 2.93. The van der Waals surface area contributed by atoms with E-state index in [1.54, 1.807) is 18.3 Å². The summed E-state index contributed by atoms with van der Waals surface area (Å²) in [6, 6.07) is 3.35. The molecule has 0 atom stereocenters. The van der Waals surface area contributed by atoms with Crippen molar-refractivity contribution in [3.05, 3.63) is 28.9 Å². The largest absolute Gasteiger partial charge is 0.369 e. The van der Waals surface area contributed by atoms with Crippen molar-refractivity contribution < 1.29 is 4.79 Å². The van der Waals surface area contributed by atoms with E-state index in [4.69, 9.17) is 0 Å². The second kappa shape index (κ2) is 5.54. The number of aromatic nitrogens is 3. The van der Waals surface area contributed by atoms with E-state index in [-0.39, 0.29) is 11.6 Å². The van der Waals surface area contributed by atoms with Gasteiger partial charge in [0.25, 0.3) is 5.91 Å². The van der Waals surface area contributed by atoms with Gasteiger partial charge in [-0.25, -0.2) is 4.98 Å². The molecule has 0 saturated heterocycles. The van der Waals surface area contributed by atoms with Crippen LogP contribution in [-0.2, 0) is 0 Å². The second-order valence-electron chi connectivity index (χ2n) is 3.56. The SMILES string of the molecule is CCNc1ccc(C(=O)Nc2ncc(C)s2)nn1. The lowest BCUT2D eigenvalue weighted by Gasteiger charge is -2.02. The second-order valence-corrected chi connectivity index (χ2v) is 4.80. The zero-order valence-electron chi connectivity index (χ0n) is 10.1. The van der Waals surface area contributed by atoms with Crippen LogP contribution in [0.25, 0.3) is 0 Å². The van der Waals surface area contributed by atoms with E-state index in [0.29, 0.717) is 10.9 Å². The molecule has 0 aromatic carbocycles. The Bertz CT molecular complexity index is 537. The van der Waals surface area contributed by atoms with Crippen molar-refractivity contribution in [3.63, 3.8) is 0 Å². The summed E-state index contributed by atoms with van der Waals surface area (Å²) >= 11 is 1.42. The van der Waals surface area contributed by atoms with Gasteiger partial charge in [0.1, 0.15) is 5.82 Å². The first kappa shape index (κ1) is 12.4. The van der Waals surface area contributed by atoms with Gasteiger partial charge in [-0.15, -0.1) is 21.5 Å². The van der Waals surface area contributed by atoms with Crippen LogP contribution in [0, 0.1) is 6.92 Å². The molecule has 2 aromatic heterocycles. The van der Waals surface area contributed by atoms with E-state index in [1.807, 2.05) is 13.8 Å². The molecule has 0 spiro atoms. The number of aryl methyl sites for hydroxylation is 1. The molecule has 0 aliphatic carbocycles. The predicted molar refractivity (Wildman–Crippen MR) is 71.0 cm³/mol. The molecule has 2 rings (SSSR count). The minimum Gasteiger partial charge on any atom is -0.369 e. The third-order valence-electron chi connectivity index (χ3n) is 2.10.